The Bertz CT molecular complexity index is 2210. The number of carbonyl (C=O) groups is 2. The number of carboxylic acid groups (broad SMARTS) is 1. The zero-order valence-electron chi connectivity index (χ0n) is 31.5. The molecule has 1 amide bonds. The van der Waals surface area contributed by atoms with Crippen molar-refractivity contribution in [2.75, 3.05) is 62.2 Å². The lowest BCUT2D eigenvalue weighted by Gasteiger charge is -2.36. The SMILES string of the molecule is Clc1ccc(N2CCNCC2)cc1.[N-]=[N+]=NCc1c(Cl)c(C(F)(F)F)nn1CC(=O)N1CCN(c2ccc(Cl)cc2)CC1.[N-]=[N+]=NCc1c(Cl)c(C(F)(F)F)nn1CC(=O)O. The average Bonchev–Trinajstić information content (AvgIpc) is 3.71. The number of anilines is 2. The number of piperazine rings is 2. The van der Waals surface area contributed by atoms with E-state index >= 15 is 0 Å². The zero-order valence-corrected chi connectivity index (χ0v) is 34.5. The molecule has 0 unspecified atom stereocenters. The number of carbonyl (C=O) groups excluding carboxylic acids is 1. The van der Waals surface area contributed by atoms with Gasteiger partial charge in [0.15, 0.2) is 11.4 Å². The third-order valence-corrected chi connectivity index (χ3v) is 10.1. The molecule has 4 aromatic rings. The number of nitrogens with zero attached hydrogens (tertiary/aromatic N) is 13. The number of carboxylic acids is 1. The molecule has 2 aromatic carbocycles. The number of benzene rings is 2. The molecule has 17 nitrogen and oxygen atoms in total. The highest BCUT2D eigenvalue weighted by atomic mass is 35.5. The molecule has 2 fully saturated rings. The highest BCUT2D eigenvalue weighted by molar-refractivity contribution is 6.32. The third-order valence-electron chi connectivity index (χ3n) is 8.79. The molecule has 2 aliphatic heterocycles. The van der Waals surface area contributed by atoms with Gasteiger partial charge in [-0.1, -0.05) is 56.6 Å². The maximum Gasteiger partial charge on any atom is 0.436 e. The number of rotatable bonds is 10. The topological polar surface area (TPSA) is 209 Å². The molecule has 6 rings (SSSR count). The van der Waals surface area contributed by atoms with Gasteiger partial charge in [0.05, 0.1) is 34.5 Å². The van der Waals surface area contributed by atoms with Crippen molar-refractivity contribution in [3.05, 3.63) is 112 Å². The Kier molecular flexibility index (Phi) is 17.5. The molecule has 2 aromatic heterocycles. The Hall–Kier alpha value is -5.28. The van der Waals surface area contributed by atoms with E-state index in [-0.39, 0.29) is 11.4 Å². The van der Waals surface area contributed by atoms with Crippen LogP contribution in [0.3, 0.4) is 0 Å². The number of alkyl halides is 6. The smallest absolute Gasteiger partial charge is 0.436 e. The van der Waals surface area contributed by atoms with Crippen molar-refractivity contribution in [1.82, 2.24) is 29.8 Å². The summed E-state index contributed by atoms with van der Waals surface area (Å²) in [5.74, 6) is -1.80. The summed E-state index contributed by atoms with van der Waals surface area (Å²) in [7, 11) is 0. The number of nitrogens with one attached hydrogen (secondary N) is 1. The molecule has 2 N–H and O–H groups in total. The van der Waals surface area contributed by atoms with E-state index in [1.165, 1.54) is 5.69 Å². The molecule has 2 aliphatic rings. The second-order valence-corrected chi connectivity index (χ2v) is 14.4. The largest absolute Gasteiger partial charge is 0.480 e. The molecule has 4 heterocycles. The maximum atomic E-state index is 13.1. The van der Waals surface area contributed by atoms with Gasteiger partial charge in [0, 0.05) is 83.6 Å². The van der Waals surface area contributed by atoms with Crippen molar-refractivity contribution in [3.63, 3.8) is 0 Å². The van der Waals surface area contributed by atoms with Crippen LogP contribution in [0.2, 0.25) is 20.1 Å². The van der Waals surface area contributed by atoms with Crippen LogP contribution in [0.5, 0.6) is 0 Å². The van der Waals surface area contributed by atoms with Gasteiger partial charge in [0.2, 0.25) is 5.91 Å². The van der Waals surface area contributed by atoms with Crippen LogP contribution in [0, 0.1) is 0 Å². The molecule has 27 heteroatoms. The van der Waals surface area contributed by atoms with Crippen LogP contribution in [0.1, 0.15) is 22.8 Å². The Balaban J connectivity index is 0.000000223. The van der Waals surface area contributed by atoms with Crippen molar-refractivity contribution in [3.8, 4) is 0 Å². The summed E-state index contributed by atoms with van der Waals surface area (Å²) in [4.78, 5) is 34.0. The normalized spacial score (nSPS) is 14.2. The second kappa shape index (κ2) is 22.0. The summed E-state index contributed by atoms with van der Waals surface area (Å²) >= 11 is 23.0. The van der Waals surface area contributed by atoms with Gasteiger partial charge in [-0.15, -0.1) is 0 Å². The van der Waals surface area contributed by atoms with E-state index in [2.05, 4.69) is 57.5 Å². The summed E-state index contributed by atoms with van der Waals surface area (Å²) in [5.41, 5.74) is 15.6. The van der Waals surface area contributed by atoms with Gasteiger partial charge in [-0.05, 0) is 59.6 Å². The summed E-state index contributed by atoms with van der Waals surface area (Å²) in [6, 6.07) is 15.4. The highest BCUT2D eigenvalue weighted by Gasteiger charge is 2.40. The third kappa shape index (κ3) is 13.9. The molecule has 328 valence electrons. The Morgan fingerprint density at radius 3 is 1.44 bits per heavy atom. The van der Waals surface area contributed by atoms with Gasteiger partial charge in [-0.2, -0.15) is 36.5 Å². The predicted molar refractivity (Wildman–Crippen MR) is 215 cm³/mol. The highest BCUT2D eigenvalue weighted by Crippen LogP contribution is 2.37. The summed E-state index contributed by atoms with van der Waals surface area (Å²) in [6.07, 6.45) is -9.60. The van der Waals surface area contributed by atoms with Crippen LogP contribution >= 0.6 is 46.4 Å². The van der Waals surface area contributed by atoms with Crippen LogP contribution in [0.15, 0.2) is 58.8 Å². The number of azide groups is 2. The summed E-state index contributed by atoms with van der Waals surface area (Å²) in [5, 5.41) is 24.7. The minimum Gasteiger partial charge on any atom is -0.480 e. The molecule has 0 aliphatic carbocycles. The first-order valence-electron chi connectivity index (χ1n) is 17.7. The number of hydrogen-bond donors (Lipinski definition) is 2. The molecule has 0 atom stereocenters. The Morgan fingerprint density at radius 2 is 1.07 bits per heavy atom. The lowest BCUT2D eigenvalue weighted by molar-refractivity contribution is -0.143. The van der Waals surface area contributed by atoms with Gasteiger partial charge in [0.25, 0.3) is 0 Å². The van der Waals surface area contributed by atoms with E-state index in [1.807, 2.05) is 24.3 Å². The summed E-state index contributed by atoms with van der Waals surface area (Å²) in [6.45, 7) is 4.01. The van der Waals surface area contributed by atoms with E-state index in [4.69, 9.17) is 62.6 Å². The van der Waals surface area contributed by atoms with Crippen molar-refractivity contribution in [1.29, 1.82) is 0 Å². The fraction of sp³-hybridized carbons (Fsp3) is 0.412. The molecule has 2 saturated heterocycles. The number of hydrogen-bond acceptors (Lipinski definition) is 9. The standard InChI is InChI=1S/C17H16Cl2F3N7O.C10H13ClN2.C7H5ClF3N5O2/c18-11-1-3-12(4-2-11)27-5-7-28(8-6-27)14(30)10-29-13(9-24-26-23)15(19)16(25-29)17(20,21)22;11-9-1-3-10(4-2-9)13-7-5-12-6-8-13;8-5-3(1-13-15-12)16(2-4(17)18)14-6(5)7(9,10)11/h1-4H,5-10H2;1-4,12H,5-8H2;1-2H2,(H,17,18). The fourth-order valence-corrected chi connectivity index (χ4v) is 6.73. The van der Waals surface area contributed by atoms with E-state index in [0.717, 1.165) is 41.6 Å². The maximum absolute atomic E-state index is 13.1. The molecular formula is C34H34Cl4F6N14O3. The van der Waals surface area contributed by atoms with Crippen molar-refractivity contribution in [2.24, 2.45) is 10.2 Å². The van der Waals surface area contributed by atoms with Crippen LogP contribution in [-0.2, 0) is 48.1 Å². The van der Waals surface area contributed by atoms with E-state index in [9.17, 15) is 35.9 Å². The number of amides is 1. The quantitative estimate of drug-likeness (QED) is 0.0679. The minimum absolute atomic E-state index is 0.157. The molecular weight excluding hydrogens is 908 g/mol. The zero-order chi connectivity index (χ0) is 44.9. The number of halogens is 10. The van der Waals surface area contributed by atoms with Crippen molar-refractivity contribution in [2.45, 2.75) is 38.5 Å². The molecule has 0 spiro atoms. The van der Waals surface area contributed by atoms with E-state index in [0.29, 0.717) is 35.9 Å². The molecule has 0 bridgehead atoms. The first-order chi connectivity index (χ1) is 28.8. The molecule has 0 saturated carbocycles. The van der Waals surface area contributed by atoms with Crippen LogP contribution in [-0.4, -0.2) is 93.8 Å². The average molecular weight is 943 g/mol. The monoisotopic (exact) mass is 940 g/mol. The van der Waals surface area contributed by atoms with Gasteiger partial charge >= 0.3 is 18.3 Å². The lowest BCUT2D eigenvalue weighted by atomic mass is 10.2. The van der Waals surface area contributed by atoms with Crippen LogP contribution in [0.4, 0.5) is 37.7 Å². The number of aliphatic carboxylic acids is 1. The minimum atomic E-state index is -4.81. The fourth-order valence-electron chi connectivity index (χ4n) is 5.87. The van der Waals surface area contributed by atoms with Gasteiger partial charge in [-0.3, -0.25) is 19.0 Å². The van der Waals surface area contributed by atoms with E-state index in [1.54, 1.807) is 17.0 Å². The van der Waals surface area contributed by atoms with Gasteiger partial charge in [0.1, 0.15) is 13.1 Å². The number of aromatic nitrogens is 4. The Morgan fingerprint density at radius 1 is 0.672 bits per heavy atom. The lowest BCUT2D eigenvalue weighted by Crippen LogP contribution is -2.49. The van der Waals surface area contributed by atoms with Crippen LogP contribution in [0.25, 0.3) is 20.9 Å². The second-order valence-electron chi connectivity index (χ2n) is 12.8. The van der Waals surface area contributed by atoms with Crippen LogP contribution < -0.4 is 15.1 Å². The Labute approximate surface area is 362 Å². The van der Waals surface area contributed by atoms with E-state index < -0.39 is 71.8 Å². The molecule has 61 heavy (non-hydrogen) atoms. The van der Waals surface area contributed by atoms with Gasteiger partial charge in [-0.25, -0.2) is 0 Å². The van der Waals surface area contributed by atoms with Crippen molar-refractivity contribution < 1.29 is 41.0 Å². The summed E-state index contributed by atoms with van der Waals surface area (Å²) < 4.78 is 78.2. The van der Waals surface area contributed by atoms with Crippen molar-refractivity contribution >= 4 is 69.7 Å². The first kappa shape index (κ1) is 48.4. The predicted octanol–water partition coefficient (Wildman–Crippen LogP) is 8.57. The first-order valence-corrected chi connectivity index (χ1v) is 19.2. The van der Waals surface area contributed by atoms with Gasteiger partial charge < -0.3 is 25.1 Å². The molecule has 0 radical (unpaired) electrons.